The zero-order chi connectivity index (χ0) is 29.9. The van der Waals surface area contributed by atoms with E-state index in [0.717, 1.165) is 11.1 Å². The van der Waals surface area contributed by atoms with Crippen molar-refractivity contribution in [2.45, 2.75) is 45.8 Å². The van der Waals surface area contributed by atoms with Gasteiger partial charge in [-0.1, -0.05) is 81.8 Å². The Morgan fingerprint density at radius 2 is 1.59 bits per heavy atom. The predicted octanol–water partition coefficient (Wildman–Crippen LogP) is 5.69. The van der Waals surface area contributed by atoms with Crippen molar-refractivity contribution in [3.63, 3.8) is 0 Å². The van der Waals surface area contributed by atoms with Gasteiger partial charge in [0, 0.05) is 29.1 Å². The van der Waals surface area contributed by atoms with Gasteiger partial charge in [0.1, 0.15) is 6.04 Å². The lowest BCUT2D eigenvalue weighted by Gasteiger charge is -2.51. The highest BCUT2D eigenvalue weighted by atomic mass is 35.5. The quantitative estimate of drug-likeness (QED) is 0.352. The zero-order valence-electron chi connectivity index (χ0n) is 24.1. The third-order valence-electron chi connectivity index (χ3n) is 8.03. The molecule has 1 saturated heterocycles. The average molecular weight is 577 g/mol. The second kappa shape index (κ2) is 12.0. The smallest absolute Gasteiger partial charge is 0.337 e. The van der Waals surface area contributed by atoms with Gasteiger partial charge < -0.3 is 20.1 Å². The van der Waals surface area contributed by atoms with E-state index in [0.29, 0.717) is 30.1 Å². The number of aliphatic hydroxyl groups is 1. The molecule has 7 nitrogen and oxygen atoms in total. The summed E-state index contributed by atoms with van der Waals surface area (Å²) in [7, 11) is 1.29. The summed E-state index contributed by atoms with van der Waals surface area (Å²) in [5.74, 6) is -1.44. The summed E-state index contributed by atoms with van der Waals surface area (Å²) in [4.78, 5) is 41.5. The Kier molecular flexibility index (Phi) is 8.90. The molecule has 4 rings (SSSR count). The Balaban J connectivity index is 1.57. The summed E-state index contributed by atoms with van der Waals surface area (Å²) in [5, 5.41) is 15.2. The van der Waals surface area contributed by atoms with Crippen molar-refractivity contribution in [1.29, 1.82) is 0 Å². The maximum atomic E-state index is 13.8. The molecule has 1 fully saturated rings. The van der Waals surface area contributed by atoms with Gasteiger partial charge in [-0.3, -0.25) is 9.59 Å². The van der Waals surface area contributed by atoms with Crippen molar-refractivity contribution in [1.82, 2.24) is 10.2 Å². The van der Waals surface area contributed by atoms with Gasteiger partial charge in [0.25, 0.3) is 5.91 Å². The fourth-order valence-electron chi connectivity index (χ4n) is 5.50. The number of amides is 2. The van der Waals surface area contributed by atoms with Crippen molar-refractivity contribution in [2.75, 3.05) is 20.2 Å². The second-order valence-electron chi connectivity index (χ2n) is 11.6. The number of benzene rings is 3. The Morgan fingerprint density at radius 1 is 0.951 bits per heavy atom. The van der Waals surface area contributed by atoms with Crippen LogP contribution in [0.3, 0.4) is 0 Å². The van der Waals surface area contributed by atoms with Gasteiger partial charge in [0.15, 0.2) is 0 Å². The molecule has 0 aliphatic carbocycles. The number of piperidine rings is 1. The number of esters is 1. The van der Waals surface area contributed by atoms with E-state index < -0.39 is 28.9 Å². The number of nitrogens with one attached hydrogen (secondary N) is 1. The maximum Gasteiger partial charge on any atom is 0.337 e. The third kappa shape index (κ3) is 6.31. The topological polar surface area (TPSA) is 95.9 Å². The van der Waals surface area contributed by atoms with Crippen molar-refractivity contribution in [3.05, 3.63) is 94.5 Å². The number of ether oxygens (including phenoxy) is 1. The van der Waals surface area contributed by atoms with E-state index in [2.05, 4.69) is 5.32 Å². The summed E-state index contributed by atoms with van der Waals surface area (Å²) >= 11 is 6.06. The van der Waals surface area contributed by atoms with Gasteiger partial charge in [-0.05, 0) is 59.4 Å². The Morgan fingerprint density at radius 3 is 2.17 bits per heavy atom. The van der Waals surface area contributed by atoms with E-state index in [4.69, 9.17) is 16.3 Å². The fourth-order valence-corrected chi connectivity index (χ4v) is 5.62. The first kappa shape index (κ1) is 30.3. The molecular formula is C33H37ClN2O5. The summed E-state index contributed by atoms with van der Waals surface area (Å²) in [6, 6.07) is 20.6. The lowest BCUT2D eigenvalue weighted by atomic mass is 9.66. The van der Waals surface area contributed by atoms with Gasteiger partial charge in [-0.2, -0.15) is 0 Å². The van der Waals surface area contributed by atoms with Crippen molar-refractivity contribution < 1.29 is 24.2 Å². The highest BCUT2D eigenvalue weighted by Gasteiger charge is 2.50. The lowest BCUT2D eigenvalue weighted by molar-refractivity contribution is -0.155. The zero-order valence-corrected chi connectivity index (χ0v) is 24.9. The van der Waals surface area contributed by atoms with E-state index in [9.17, 15) is 19.5 Å². The number of hydrogen-bond acceptors (Lipinski definition) is 5. The van der Waals surface area contributed by atoms with E-state index in [-0.39, 0.29) is 23.0 Å². The van der Waals surface area contributed by atoms with E-state index >= 15 is 0 Å². The number of likely N-dealkylation sites (tertiary alicyclic amines) is 1. The molecule has 0 radical (unpaired) electrons. The second-order valence-corrected chi connectivity index (χ2v) is 12.0. The van der Waals surface area contributed by atoms with Crippen LogP contribution in [-0.4, -0.2) is 54.0 Å². The summed E-state index contributed by atoms with van der Waals surface area (Å²) in [5.41, 5.74) is 0.963. The number of methoxy groups -OCH3 is 1. The molecule has 1 heterocycles. The van der Waals surface area contributed by atoms with Crippen LogP contribution in [0, 0.1) is 11.3 Å². The molecule has 2 atom stereocenters. The minimum absolute atomic E-state index is 0.205. The molecule has 2 N–H and O–H groups in total. The first-order chi connectivity index (χ1) is 19.4. The lowest BCUT2D eigenvalue weighted by Crippen LogP contribution is -2.60. The van der Waals surface area contributed by atoms with Crippen LogP contribution < -0.4 is 5.32 Å². The average Bonchev–Trinajstić information content (AvgIpc) is 2.96. The minimum Gasteiger partial charge on any atom is -0.465 e. The van der Waals surface area contributed by atoms with Gasteiger partial charge in [-0.15, -0.1) is 0 Å². The van der Waals surface area contributed by atoms with Crippen LogP contribution in [-0.2, 0) is 15.1 Å². The van der Waals surface area contributed by atoms with Gasteiger partial charge >= 0.3 is 5.97 Å². The Labute approximate surface area is 246 Å². The van der Waals surface area contributed by atoms with Crippen LogP contribution in [0.4, 0.5) is 0 Å². The van der Waals surface area contributed by atoms with Crippen LogP contribution in [0.2, 0.25) is 5.02 Å². The minimum atomic E-state index is -1.15. The molecule has 8 heteroatoms. The summed E-state index contributed by atoms with van der Waals surface area (Å²) in [6.45, 7) is 8.27. The molecule has 3 aromatic carbocycles. The van der Waals surface area contributed by atoms with Crippen molar-refractivity contribution >= 4 is 29.4 Å². The van der Waals surface area contributed by atoms with Gasteiger partial charge in [0.2, 0.25) is 5.91 Å². The largest absolute Gasteiger partial charge is 0.465 e. The molecule has 0 aromatic heterocycles. The van der Waals surface area contributed by atoms with Gasteiger partial charge in [0.05, 0.1) is 18.3 Å². The molecule has 0 bridgehead atoms. The number of carbonyl (C=O) groups excluding carboxylic acids is 3. The monoisotopic (exact) mass is 576 g/mol. The number of hydrogen-bond donors (Lipinski definition) is 2. The third-order valence-corrected chi connectivity index (χ3v) is 8.28. The molecule has 41 heavy (non-hydrogen) atoms. The maximum absolute atomic E-state index is 13.8. The number of carbonyl (C=O) groups is 3. The molecule has 3 aromatic rings. The standard InChI is InChI=1S/C33H37ClN2O5/c1-21(2)28(30(38)36-16-15-33(40,32(3,4)20-36)26-11-13-27(34)14-12-26)35-29(37)24-17-23(22-9-7-6-8-10-22)18-25(19-24)31(39)41-5/h6-14,17-19,21,28,40H,15-16,20H2,1-5H3,(H,35,37)/t28-,33+/m1/s1. The first-order valence-electron chi connectivity index (χ1n) is 13.7. The fraction of sp³-hybridized carbons (Fsp3) is 0.364. The molecule has 1 aliphatic rings. The molecule has 1 aliphatic heterocycles. The Bertz CT molecular complexity index is 1420. The van der Waals surface area contributed by atoms with Crippen LogP contribution in [0.1, 0.15) is 60.4 Å². The van der Waals surface area contributed by atoms with Crippen LogP contribution in [0.5, 0.6) is 0 Å². The van der Waals surface area contributed by atoms with Gasteiger partial charge in [-0.25, -0.2) is 4.79 Å². The molecule has 0 unspecified atom stereocenters. The Hall–Kier alpha value is -3.68. The van der Waals surface area contributed by atoms with E-state index in [1.165, 1.54) is 13.2 Å². The van der Waals surface area contributed by atoms with Crippen molar-refractivity contribution in [3.8, 4) is 11.1 Å². The molecular weight excluding hydrogens is 540 g/mol. The van der Waals surface area contributed by atoms with E-state index in [1.807, 2.05) is 70.2 Å². The highest BCUT2D eigenvalue weighted by molar-refractivity contribution is 6.30. The number of halogens is 1. The number of rotatable bonds is 7. The predicted molar refractivity (Wildman–Crippen MR) is 160 cm³/mol. The van der Waals surface area contributed by atoms with Crippen LogP contribution in [0.25, 0.3) is 11.1 Å². The van der Waals surface area contributed by atoms with Crippen molar-refractivity contribution in [2.24, 2.45) is 11.3 Å². The molecule has 216 valence electrons. The van der Waals surface area contributed by atoms with Crippen LogP contribution >= 0.6 is 11.6 Å². The highest BCUT2D eigenvalue weighted by Crippen LogP contribution is 2.46. The SMILES string of the molecule is COC(=O)c1cc(C(=O)N[C@@H](C(=O)N2CC[C@](O)(c3ccc(Cl)cc3)C(C)(C)C2)C(C)C)cc(-c2ccccc2)c1. The van der Waals surface area contributed by atoms with E-state index in [1.54, 1.807) is 29.2 Å². The molecule has 0 saturated carbocycles. The summed E-state index contributed by atoms with van der Waals surface area (Å²) < 4.78 is 4.91. The molecule has 2 amide bonds. The van der Waals surface area contributed by atoms with Crippen LogP contribution in [0.15, 0.2) is 72.8 Å². The normalized spacial score (nSPS) is 19.0. The number of nitrogens with zero attached hydrogens (tertiary/aromatic N) is 1. The first-order valence-corrected chi connectivity index (χ1v) is 14.1. The molecule has 0 spiro atoms. The summed E-state index contributed by atoms with van der Waals surface area (Å²) in [6.07, 6.45) is 0.341.